The molecule has 3 heteroatoms. The van der Waals surface area contributed by atoms with Gasteiger partial charge in [0.2, 0.25) is 0 Å². The maximum absolute atomic E-state index is 2.34. The van der Waals surface area contributed by atoms with Crippen LogP contribution in [-0.2, 0) is 26.2 Å². The average Bonchev–Trinajstić information content (AvgIpc) is 3.02. The van der Waals surface area contributed by atoms with E-state index in [1.165, 1.54) is 32.7 Å². The summed E-state index contributed by atoms with van der Waals surface area (Å²) in [6, 6.07) is 17.6. The third-order valence-corrected chi connectivity index (χ3v) is 4.06. The maximum atomic E-state index is 2.34. The smallest absolute Gasteiger partial charge is 1.00 e. The number of hydrogen-bond donors (Lipinski definition) is 0. The van der Waals surface area contributed by atoms with Gasteiger partial charge in [-0.2, -0.15) is 0 Å². The van der Waals surface area contributed by atoms with Gasteiger partial charge in [-0.15, -0.1) is 33.7 Å². The molecule has 0 heterocycles. The normalized spacial score (nSPS) is 15.9. The first-order valence-corrected chi connectivity index (χ1v) is 6.76. The quantitative estimate of drug-likeness (QED) is 0.471. The summed E-state index contributed by atoms with van der Waals surface area (Å²) in [6.45, 7) is 2.16. The van der Waals surface area contributed by atoms with Crippen LogP contribution in [0.1, 0.15) is 18.4 Å². The van der Waals surface area contributed by atoms with Crippen LogP contribution >= 0.6 is 0 Å². The molecular formula is C19H15Cl2Zr. The van der Waals surface area contributed by atoms with Crippen molar-refractivity contribution in [3.05, 3.63) is 77.9 Å². The van der Waals surface area contributed by atoms with Crippen LogP contribution in [0.15, 0.2) is 72.3 Å². The number of benzene rings is 2. The van der Waals surface area contributed by atoms with E-state index in [0.717, 1.165) is 0 Å². The summed E-state index contributed by atoms with van der Waals surface area (Å²) in [6.07, 6.45) is 6.85. The Kier molecular flexibility index (Phi) is 6.74. The summed E-state index contributed by atoms with van der Waals surface area (Å²) in [4.78, 5) is 0. The van der Waals surface area contributed by atoms with Crippen LogP contribution in [0.4, 0.5) is 0 Å². The van der Waals surface area contributed by atoms with Crippen molar-refractivity contribution in [3.8, 4) is 0 Å². The molecule has 0 fully saturated rings. The molecule has 0 saturated carbocycles. The molecule has 1 aliphatic rings. The van der Waals surface area contributed by atoms with E-state index in [1.807, 2.05) is 0 Å². The van der Waals surface area contributed by atoms with Gasteiger partial charge in [0.15, 0.2) is 0 Å². The van der Waals surface area contributed by atoms with E-state index in [1.54, 1.807) is 0 Å². The molecule has 0 amide bonds. The van der Waals surface area contributed by atoms with Crippen molar-refractivity contribution in [2.24, 2.45) is 0 Å². The van der Waals surface area contributed by atoms with Crippen LogP contribution in [0.5, 0.6) is 0 Å². The van der Waals surface area contributed by atoms with Gasteiger partial charge >= 0.3 is 26.2 Å². The van der Waals surface area contributed by atoms with E-state index >= 15 is 0 Å². The van der Waals surface area contributed by atoms with Crippen molar-refractivity contribution < 1.29 is 51.0 Å². The largest absolute Gasteiger partial charge is 3.00 e. The van der Waals surface area contributed by atoms with E-state index in [4.69, 9.17) is 0 Å². The first-order chi connectivity index (χ1) is 9.33. The SMILES string of the molecule is CC1=CC(c2cccc3c2[cH-]c2ccccc23)C=C1.[Cl-].[Cl-].[Zr+3]. The zero-order valence-electron chi connectivity index (χ0n) is 12.2. The van der Waals surface area contributed by atoms with Gasteiger partial charge in [-0.3, -0.25) is 0 Å². The fraction of sp³-hybridized carbons (Fsp3) is 0.105. The van der Waals surface area contributed by atoms with E-state index in [0.29, 0.717) is 5.92 Å². The first-order valence-electron chi connectivity index (χ1n) is 6.76. The average molecular weight is 405 g/mol. The first kappa shape index (κ1) is 19.3. The Balaban J connectivity index is 0.000000807. The summed E-state index contributed by atoms with van der Waals surface area (Å²) in [5.41, 5.74) is 2.78. The second-order valence-electron chi connectivity index (χ2n) is 5.34. The molecule has 1 atom stereocenters. The second kappa shape index (κ2) is 7.69. The summed E-state index contributed by atoms with van der Waals surface area (Å²) in [7, 11) is 0. The Morgan fingerprint density at radius 2 is 1.64 bits per heavy atom. The Morgan fingerprint density at radius 1 is 0.909 bits per heavy atom. The fourth-order valence-corrected chi connectivity index (χ4v) is 3.14. The zero-order chi connectivity index (χ0) is 12.8. The molecule has 0 aliphatic heterocycles. The topological polar surface area (TPSA) is 0 Å². The minimum absolute atomic E-state index is 0. The van der Waals surface area contributed by atoms with Crippen LogP contribution < -0.4 is 24.8 Å². The van der Waals surface area contributed by atoms with Crippen molar-refractivity contribution in [2.45, 2.75) is 12.8 Å². The van der Waals surface area contributed by atoms with Gasteiger partial charge in [-0.1, -0.05) is 65.8 Å². The van der Waals surface area contributed by atoms with Gasteiger partial charge in [0.05, 0.1) is 0 Å². The Labute approximate surface area is 162 Å². The van der Waals surface area contributed by atoms with Crippen LogP contribution in [0, 0.1) is 0 Å². The van der Waals surface area contributed by atoms with E-state index in [2.05, 4.69) is 73.7 Å². The standard InChI is InChI=1S/C19H15.2ClH.Zr/c1-13-9-10-15(11-13)17-7-4-8-18-16-6-3-2-5-14(16)12-19(17)18;;;/h2-12,15H,1H3;2*1H;/q-1;;;+3/p-2. The molecule has 3 aromatic rings. The Morgan fingerprint density at radius 3 is 2.36 bits per heavy atom. The molecule has 1 unspecified atom stereocenters. The van der Waals surface area contributed by atoms with Gasteiger partial charge < -0.3 is 24.8 Å². The monoisotopic (exact) mass is 403 g/mol. The van der Waals surface area contributed by atoms with Gasteiger partial charge in [0.1, 0.15) is 0 Å². The van der Waals surface area contributed by atoms with Crippen molar-refractivity contribution >= 4 is 21.5 Å². The predicted octanol–water partition coefficient (Wildman–Crippen LogP) is -0.683. The number of allylic oxidation sites excluding steroid dienone is 4. The fourth-order valence-electron chi connectivity index (χ4n) is 3.14. The van der Waals surface area contributed by atoms with Crippen LogP contribution in [0.3, 0.4) is 0 Å². The van der Waals surface area contributed by atoms with Crippen molar-refractivity contribution in [1.29, 1.82) is 0 Å². The molecular weight excluding hydrogens is 390 g/mol. The minimum atomic E-state index is 0. The zero-order valence-corrected chi connectivity index (χ0v) is 16.2. The van der Waals surface area contributed by atoms with Crippen molar-refractivity contribution in [2.75, 3.05) is 0 Å². The molecule has 4 rings (SSSR count). The third kappa shape index (κ3) is 3.13. The van der Waals surface area contributed by atoms with Gasteiger partial charge in [-0.25, -0.2) is 0 Å². The number of hydrogen-bond acceptors (Lipinski definition) is 0. The molecule has 0 aromatic heterocycles. The summed E-state index contributed by atoms with van der Waals surface area (Å²) in [5.74, 6) is 0.431. The molecule has 3 aromatic carbocycles. The van der Waals surface area contributed by atoms with Crippen molar-refractivity contribution in [1.82, 2.24) is 0 Å². The molecule has 1 radical (unpaired) electrons. The van der Waals surface area contributed by atoms with Gasteiger partial charge in [-0.05, 0) is 12.8 Å². The molecule has 0 bridgehead atoms. The summed E-state index contributed by atoms with van der Waals surface area (Å²) >= 11 is 0. The Hall–Kier alpha value is -0.747. The molecule has 0 nitrogen and oxygen atoms in total. The number of fused-ring (bicyclic) bond motifs is 3. The van der Waals surface area contributed by atoms with E-state index in [9.17, 15) is 0 Å². The molecule has 22 heavy (non-hydrogen) atoms. The molecule has 0 saturated heterocycles. The van der Waals surface area contributed by atoms with Gasteiger partial charge in [0, 0.05) is 0 Å². The summed E-state index contributed by atoms with van der Waals surface area (Å²) in [5, 5.41) is 5.47. The summed E-state index contributed by atoms with van der Waals surface area (Å²) < 4.78 is 0. The molecule has 109 valence electrons. The molecule has 1 aliphatic carbocycles. The second-order valence-corrected chi connectivity index (χ2v) is 5.34. The van der Waals surface area contributed by atoms with Crippen LogP contribution in [0.25, 0.3) is 21.5 Å². The molecule has 0 N–H and O–H groups in total. The Bertz CT molecular complexity index is 843. The third-order valence-electron chi connectivity index (χ3n) is 4.06. The van der Waals surface area contributed by atoms with Crippen molar-refractivity contribution in [3.63, 3.8) is 0 Å². The van der Waals surface area contributed by atoms with Gasteiger partial charge in [0.25, 0.3) is 0 Å². The minimum Gasteiger partial charge on any atom is -1.00 e. The van der Waals surface area contributed by atoms with Crippen LogP contribution in [-0.4, -0.2) is 0 Å². The number of rotatable bonds is 1. The van der Waals surface area contributed by atoms with E-state index < -0.39 is 0 Å². The molecule has 0 spiro atoms. The van der Waals surface area contributed by atoms with E-state index in [-0.39, 0.29) is 51.0 Å². The predicted molar refractivity (Wildman–Crippen MR) is 82.7 cm³/mol. The maximum Gasteiger partial charge on any atom is 3.00 e. The van der Waals surface area contributed by atoms with Crippen LogP contribution in [0.2, 0.25) is 0 Å². The number of halogens is 2.